The van der Waals surface area contributed by atoms with Gasteiger partial charge in [-0.15, -0.1) is 0 Å². The lowest BCUT2D eigenvalue weighted by molar-refractivity contribution is 0.177. The second-order valence-electron chi connectivity index (χ2n) is 3.23. The molecule has 2 rings (SSSR count). The average Bonchev–Trinajstić information content (AvgIpc) is 2.83. The van der Waals surface area contributed by atoms with Gasteiger partial charge in [-0.2, -0.15) is 5.10 Å². The molecule has 0 amide bonds. The van der Waals surface area contributed by atoms with Crippen molar-refractivity contribution in [2.24, 2.45) is 0 Å². The van der Waals surface area contributed by atoms with Gasteiger partial charge >= 0.3 is 0 Å². The smallest absolute Gasteiger partial charge is 0.155 e. The van der Waals surface area contributed by atoms with Crippen LogP contribution in [0.25, 0.3) is 0 Å². The Kier molecular flexibility index (Phi) is 3.51. The fraction of sp³-hybridized carbons (Fsp3) is 0.300. The van der Waals surface area contributed by atoms with Crippen LogP contribution >= 0.6 is 31.9 Å². The number of nitrogens with zero attached hydrogens (tertiary/aromatic N) is 2. The maximum absolute atomic E-state index is 10.2. The highest BCUT2D eigenvalue weighted by atomic mass is 79.9. The molecule has 1 N–H and O–H groups in total. The first kappa shape index (κ1) is 11.9. The molecular weight excluding hydrogens is 340 g/mol. The highest BCUT2D eigenvalue weighted by molar-refractivity contribution is 9.10. The van der Waals surface area contributed by atoms with Gasteiger partial charge in [0.15, 0.2) is 11.9 Å². The quantitative estimate of drug-likeness (QED) is 0.926. The van der Waals surface area contributed by atoms with Gasteiger partial charge in [-0.25, -0.2) is 0 Å². The fourth-order valence-electron chi connectivity index (χ4n) is 1.52. The van der Waals surface area contributed by atoms with E-state index in [1.54, 1.807) is 16.9 Å². The first-order valence-electron chi connectivity index (χ1n) is 4.77. The SMILES string of the molecule is CCn1ncc(Br)c1C(O)c1occc1Br. The van der Waals surface area contributed by atoms with Gasteiger partial charge in [0.2, 0.25) is 0 Å². The normalized spacial score (nSPS) is 13.0. The van der Waals surface area contributed by atoms with E-state index in [0.29, 0.717) is 18.0 Å². The number of hydrogen-bond donors (Lipinski definition) is 1. The Hall–Kier alpha value is -0.590. The van der Waals surface area contributed by atoms with Crippen LogP contribution in [-0.4, -0.2) is 14.9 Å². The lowest BCUT2D eigenvalue weighted by Crippen LogP contribution is -2.09. The molecule has 0 aromatic carbocycles. The van der Waals surface area contributed by atoms with E-state index in [2.05, 4.69) is 37.0 Å². The van der Waals surface area contributed by atoms with Crippen molar-refractivity contribution in [1.29, 1.82) is 0 Å². The number of halogens is 2. The van der Waals surface area contributed by atoms with Gasteiger partial charge in [-0.3, -0.25) is 4.68 Å². The Morgan fingerprint density at radius 1 is 1.50 bits per heavy atom. The number of aromatic nitrogens is 2. The first-order valence-corrected chi connectivity index (χ1v) is 6.36. The van der Waals surface area contributed by atoms with Crippen LogP contribution in [0.5, 0.6) is 0 Å². The molecule has 0 aliphatic carbocycles. The topological polar surface area (TPSA) is 51.2 Å². The molecule has 2 heterocycles. The van der Waals surface area contributed by atoms with E-state index in [9.17, 15) is 5.11 Å². The van der Waals surface area contributed by atoms with Gasteiger partial charge in [0, 0.05) is 6.54 Å². The molecule has 0 saturated heterocycles. The summed E-state index contributed by atoms with van der Waals surface area (Å²) in [7, 11) is 0. The van der Waals surface area contributed by atoms with Crippen molar-refractivity contribution in [3.05, 3.63) is 38.9 Å². The lowest BCUT2D eigenvalue weighted by atomic mass is 10.2. The van der Waals surface area contributed by atoms with Crippen LogP contribution in [0.4, 0.5) is 0 Å². The van der Waals surface area contributed by atoms with Crippen LogP contribution in [0.1, 0.15) is 24.5 Å². The van der Waals surface area contributed by atoms with Gasteiger partial charge in [0.1, 0.15) is 0 Å². The van der Waals surface area contributed by atoms with Crippen molar-refractivity contribution in [3.8, 4) is 0 Å². The number of aliphatic hydroxyl groups is 1. The molecule has 4 nitrogen and oxygen atoms in total. The molecule has 0 saturated carbocycles. The zero-order valence-electron chi connectivity index (χ0n) is 8.52. The number of aliphatic hydroxyl groups excluding tert-OH is 1. The molecule has 2 aromatic rings. The van der Waals surface area contributed by atoms with E-state index in [1.165, 1.54) is 6.26 Å². The Labute approximate surface area is 110 Å². The summed E-state index contributed by atoms with van der Waals surface area (Å²) in [6, 6.07) is 1.75. The molecule has 6 heteroatoms. The zero-order valence-corrected chi connectivity index (χ0v) is 11.7. The fourth-order valence-corrected chi connectivity index (χ4v) is 2.45. The summed E-state index contributed by atoms with van der Waals surface area (Å²) in [6.45, 7) is 2.66. The lowest BCUT2D eigenvalue weighted by Gasteiger charge is -2.11. The Bertz CT molecular complexity index is 493. The monoisotopic (exact) mass is 348 g/mol. The standard InChI is InChI=1S/C10H10Br2N2O2/c1-2-14-8(7(12)5-13-14)9(15)10-6(11)3-4-16-10/h3-5,9,15H,2H2,1H3. The van der Waals surface area contributed by atoms with Gasteiger partial charge in [0.05, 0.1) is 27.1 Å². The highest BCUT2D eigenvalue weighted by Gasteiger charge is 2.23. The molecule has 2 aromatic heterocycles. The molecule has 0 fully saturated rings. The number of rotatable bonds is 3. The molecule has 0 radical (unpaired) electrons. The van der Waals surface area contributed by atoms with Crippen molar-refractivity contribution >= 4 is 31.9 Å². The van der Waals surface area contributed by atoms with Crippen LogP contribution in [0.15, 0.2) is 31.9 Å². The summed E-state index contributed by atoms with van der Waals surface area (Å²) in [6.07, 6.45) is 2.36. The van der Waals surface area contributed by atoms with Crippen LogP contribution in [-0.2, 0) is 6.54 Å². The summed E-state index contributed by atoms with van der Waals surface area (Å²) >= 11 is 6.69. The minimum Gasteiger partial charge on any atom is -0.465 e. The van der Waals surface area contributed by atoms with Gasteiger partial charge in [-0.1, -0.05) is 0 Å². The largest absolute Gasteiger partial charge is 0.465 e. The molecule has 1 atom stereocenters. The van der Waals surface area contributed by atoms with E-state index in [1.807, 2.05) is 6.92 Å². The third-order valence-corrected chi connectivity index (χ3v) is 3.55. The summed E-state index contributed by atoms with van der Waals surface area (Å²) in [5.74, 6) is 0.482. The first-order chi connectivity index (χ1) is 7.65. The van der Waals surface area contributed by atoms with Gasteiger partial charge in [-0.05, 0) is 44.8 Å². The van der Waals surface area contributed by atoms with E-state index >= 15 is 0 Å². The minimum absolute atomic E-state index is 0.482. The molecule has 0 spiro atoms. The molecule has 86 valence electrons. The van der Waals surface area contributed by atoms with E-state index in [0.717, 1.165) is 8.95 Å². The van der Waals surface area contributed by atoms with E-state index in [-0.39, 0.29) is 0 Å². The van der Waals surface area contributed by atoms with Crippen LogP contribution in [0.2, 0.25) is 0 Å². The van der Waals surface area contributed by atoms with Gasteiger partial charge in [0.25, 0.3) is 0 Å². The molecule has 16 heavy (non-hydrogen) atoms. The molecule has 0 bridgehead atoms. The average molecular weight is 350 g/mol. The van der Waals surface area contributed by atoms with Crippen molar-refractivity contribution in [2.45, 2.75) is 19.6 Å². The number of hydrogen-bond acceptors (Lipinski definition) is 3. The maximum atomic E-state index is 10.2. The third kappa shape index (κ3) is 1.97. The van der Waals surface area contributed by atoms with Crippen molar-refractivity contribution in [2.75, 3.05) is 0 Å². The van der Waals surface area contributed by atoms with Crippen molar-refractivity contribution < 1.29 is 9.52 Å². The molecular formula is C10H10Br2N2O2. The minimum atomic E-state index is -0.832. The molecule has 0 aliphatic heterocycles. The maximum Gasteiger partial charge on any atom is 0.155 e. The number of furan rings is 1. The second kappa shape index (κ2) is 4.73. The van der Waals surface area contributed by atoms with Crippen LogP contribution < -0.4 is 0 Å². The summed E-state index contributed by atoms with van der Waals surface area (Å²) in [4.78, 5) is 0. The Morgan fingerprint density at radius 3 is 2.81 bits per heavy atom. The third-order valence-electron chi connectivity index (χ3n) is 2.28. The zero-order chi connectivity index (χ0) is 11.7. The van der Waals surface area contributed by atoms with Gasteiger partial charge < -0.3 is 9.52 Å². The van der Waals surface area contributed by atoms with Crippen molar-refractivity contribution in [3.63, 3.8) is 0 Å². The van der Waals surface area contributed by atoms with Crippen LogP contribution in [0.3, 0.4) is 0 Å². The Morgan fingerprint density at radius 2 is 2.25 bits per heavy atom. The molecule has 0 aliphatic rings. The Balaban J connectivity index is 2.44. The second-order valence-corrected chi connectivity index (χ2v) is 4.94. The summed E-state index contributed by atoms with van der Waals surface area (Å²) in [5.41, 5.74) is 0.693. The van der Waals surface area contributed by atoms with E-state index in [4.69, 9.17) is 4.42 Å². The highest BCUT2D eigenvalue weighted by Crippen LogP contribution is 2.32. The molecule has 1 unspecified atom stereocenters. The van der Waals surface area contributed by atoms with Crippen molar-refractivity contribution in [1.82, 2.24) is 9.78 Å². The predicted molar refractivity (Wildman–Crippen MR) is 66.1 cm³/mol. The van der Waals surface area contributed by atoms with E-state index < -0.39 is 6.10 Å². The summed E-state index contributed by atoms with van der Waals surface area (Å²) < 4.78 is 8.49. The summed E-state index contributed by atoms with van der Waals surface area (Å²) in [5, 5.41) is 14.4. The predicted octanol–water partition coefficient (Wildman–Crippen LogP) is 3.10. The van der Waals surface area contributed by atoms with Crippen LogP contribution in [0, 0.1) is 0 Å². The number of aryl methyl sites for hydroxylation is 1.